The summed E-state index contributed by atoms with van der Waals surface area (Å²) in [5, 5.41) is 7.41. The zero-order valence-electron chi connectivity index (χ0n) is 14.3. The standard InChI is InChI=1S/C16H23F2N7O/c17-9-5-21-15-12(14(19)23-25(15)8-9)16(26)22-11-7-20-6-10(18)13(11)24-3-1-2-4-24/h6-7,9,12,14-15,21,23H,1-5,8,19H2,(H,22,26). The largest absolute Gasteiger partial charge is 0.367 e. The number of anilines is 2. The van der Waals surface area contributed by atoms with Gasteiger partial charge in [0.2, 0.25) is 5.91 Å². The van der Waals surface area contributed by atoms with E-state index in [4.69, 9.17) is 5.73 Å². The molecule has 0 aliphatic carbocycles. The number of pyridine rings is 1. The van der Waals surface area contributed by atoms with Gasteiger partial charge in [0.25, 0.3) is 0 Å². The summed E-state index contributed by atoms with van der Waals surface area (Å²) < 4.78 is 27.9. The van der Waals surface area contributed by atoms with E-state index in [1.165, 1.54) is 6.20 Å². The molecular weight excluding hydrogens is 344 g/mol. The summed E-state index contributed by atoms with van der Waals surface area (Å²) >= 11 is 0. The zero-order chi connectivity index (χ0) is 18.3. The Balaban J connectivity index is 1.54. The van der Waals surface area contributed by atoms with Crippen molar-refractivity contribution >= 4 is 17.3 Å². The number of hydrazine groups is 1. The Bertz CT molecular complexity index is 685. The van der Waals surface area contributed by atoms with Gasteiger partial charge in [-0.15, -0.1) is 0 Å². The van der Waals surface area contributed by atoms with Gasteiger partial charge >= 0.3 is 0 Å². The predicted octanol–water partition coefficient (Wildman–Crippen LogP) is -0.252. The van der Waals surface area contributed by atoms with Crippen LogP contribution in [0.4, 0.5) is 20.2 Å². The first-order valence-corrected chi connectivity index (χ1v) is 8.90. The number of hydrogen-bond acceptors (Lipinski definition) is 7. The van der Waals surface area contributed by atoms with Crippen molar-refractivity contribution in [2.24, 2.45) is 11.7 Å². The van der Waals surface area contributed by atoms with Crippen molar-refractivity contribution < 1.29 is 13.6 Å². The normalized spacial score (nSPS) is 31.9. The Labute approximate surface area is 150 Å². The van der Waals surface area contributed by atoms with Gasteiger partial charge in [-0.3, -0.25) is 15.1 Å². The molecule has 1 aromatic heterocycles. The summed E-state index contributed by atoms with van der Waals surface area (Å²) in [5.41, 5.74) is 9.68. The lowest BCUT2D eigenvalue weighted by Crippen LogP contribution is -2.58. The predicted molar refractivity (Wildman–Crippen MR) is 92.3 cm³/mol. The maximum absolute atomic E-state index is 14.4. The van der Waals surface area contributed by atoms with Crippen LogP contribution in [-0.4, -0.2) is 60.6 Å². The van der Waals surface area contributed by atoms with E-state index in [0.29, 0.717) is 11.4 Å². The van der Waals surface area contributed by atoms with E-state index in [9.17, 15) is 13.6 Å². The second-order valence-electron chi connectivity index (χ2n) is 6.98. The fraction of sp³-hybridized carbons (Fsp3) is 0.625. The van der Waals surface area contributed by atoms with Gasteiger partial charge in [-0.25, -0.2) is 19.2 Å². The molecule has 10 heteroatoms. The second-order valence-corrected chi connectivity index (χ2v) is 6.98. The molecule has 0 spiro atoms. The van der Waals surface area contributed by atoms with Crippen molar-refractivity contribution in [1.82, 2.24) is 20.7 Å². The Morgan fingerprint density at radius 3 is 2.88 bits per heavy atom. The topological polar surface area (TPSA) is 98.5 Å². The molecule has 0 saturated carbocycles. The molecule has 5 N–H and O–H groups in total. The second kappa shape index (κ2) is 7.03. The molecule has 3 aliphatic rings. The third kappa shape index (κ3) is 3.13. The van der Waals surface area contributed by atoms with E-state index >= 15 is 0 Å². The number of rotatable bonds is 3. The van der Waals surface area contributed by atoms with Crippen molar-refractivity contribution in [3.8, 4) is 0 Å². The van der Waals surface area contributed by atoms with Gasteiger partial charge in [0.15, 0.2) is 5.82 Å². The number of nitrogens with one attached hydrogen (secondary N) is 3. The highest BCUT2D eigenvalue weighted by Gasteiger charge is 2.47. The van der Waals surface area contributed by atoms with E-state index in [1.54, 1.807) is 5.01 Å². The minimum Gasteiger partial charge on any atom is -0.367 e. The van der Waals surface area contributed by atoms with Crippen LogP contribution in [0.1, 0.15) is 12.8 Å². The lowest BCUT2D eigenvalue weighted by atomic mass is 10.0. The number of nitrogens with zero attached hydrogens (tertiary/aromatic N) is 3. The van der Waals surface area contributed by atoms with Crippen LogP contribution >= 0.6 is 0 Å². The molecule has 0 radical (unpaired) electrons. The van der Waals surface area contributed by atoms with Crippen LogP contribution in [0.3, 0.4) is 0 Å². The van der Waals surface area contributed by atoms with Crippen LogP contribution in [0.15, 0.2) is 12.4 Å². The van der Waals surface area contributed by atoms with Crippen molar-refractivity contribution in [1.29, 1.82) is 0 Å². The average Bonchev–Trinajstić information content (AvgIpc) is 3.21. The van der Waals surface area contributed by atoms with Gasteiger partial charge in [0.05, 0.1) is 36.3 Å². The summed E-state index contributed by atoms with van der Waals surface area (Å²) in [5.74, 6) is -1.46. The van der Waals surface area contributed by atoms with Gasteiger partial charge in [-0.05, 0) is 12.8 Å². The lowest BCUT2D eigenvalue weighted by Gasteiger charge is -2.33. The Hall–Kier alpha value is -1.88. The van der Waals surface area contributed by atoms with Crippen LogP contribution in [0.2, 0.25) is 0 Å². The fourth-order valence-corrected chi connectivity index (χ4v) is 3.98. The van der Waals surface area contributed by atoms with Crippen LogP contribution in [-0.2, 0) is 4.79 Å². The summed E-state index contributed by atoms with van der Waals surface area (Å²) in [6.45, 7) is 1.81. The van der Waals surface area contributed by atoms with Gasteiger partial charge in [-0.1, -0.05) is 0 Å². The highest BCUT2D eigenvalue weighted by Crippen LogP contribution is 2.32. The van der Waals surface area contributed by atoms with E-state index in [2.05, 4.69) is 21.0 Å². The van der Waals surface area contributed by atoms with Gasteiger partial charge in [0.1, 0.15) is 11.9 Å². The minimum absolute atomic E-state index is 0.162. The van der Waals surface area contributed by atoms with E-state index in [1.807, 2.05) is 4.90 Å². The minimum atomic E-state index is -1.03. The highest BCUT2D eigenvalue weighted by molar-refractivity contribution is 5.96. The number of carbonyl (C=O) groups excluding carboxylic acids is 1. The number of alkyl halides is 1. The molecule has 142 valence electrons. The molecular formula is C16H23F2N7O. The van der Waals surface area contributed by atoms with Crippen molar-refractivity contribution in [2.45, 2.75) is 31.3 Å². The Morgan fingerprint density at radius 1 is 1.35 bits per heavy atom. The molecule has 3 saturated heterocycles. The summed E-state index contributed by atoms with van der Waals surface area (Å²) in [4.78, 5) is 18.7. The lowest BCUT2D eigenvalue weighted by molar-refractivity contribution is -0.121. The van der Waals surface area contributed by atoms with E-state index in [-0.39, 0.29) is 19.0 Å². The molecule has 26 heavy (non-hydrogen) atoms. The van der Waals surface area contributed by atoms with Crippen LogP contribution in [0.25, 0.3) is 0 Å². The quantitative estimate of drug-likeness (QED) is 0.585. The molecule has 1 aromatic rings. The SMILES string of the molecule is NC1NN2CC(F)CNC2C1C(=O)Nc1cncc(F)c1N1CCCC1. The summed E-state index contributed by atoms with van der Waals surface area (Å²) in [6, 6.07) is 0. The molecule has 0 bridgehead atoms. The number of hydrogen-bond donors (Lipinski definition) is 4. The van der Waals surface area contributed by atoms with Crippen LogP contribution in [0.5, 0.6) is 0 Å². The van der Waals surface area contributed by atoms with Crippen molar-refractivity contribution in [2.75, 3.05) is 36.4 Å². The average molecular weight is 367 g/mol. The first kappa shape index (κ1) is 17.5. The van der Waals surface area contributed by atoms with E-state index < -0.39 is 30.2 Å². The molecule has 4 heterocycles. The summed E-state index contributed by atoms with van der Waals surface area (Å²) in [7, 11) is 0. The number of nitrogens with two attached hydrogens (primary N) is 1. The molecule has 4 unspecified atom stereocenters. The van der Waals surface area contributed by atoms with Gasteiger partial charge < -0.3 is 16.0 Å². The monoisotopic (exact) mass is 367 g/mol. The number of aromatic nitrogens is 1. The first-order chi connectivity index (χ1) is 12.5. The molecule has 4 atom stereocenters. The molecule has 1 amide bonds. The number of fused-ring (bicyclic) bond motifs is 1. The van der Waals surface area contributed by atoms with Gasteiger partial charge in [0, 0.05) is 26.2 Å². The Morgan fingerprint density at radius 2 is 2.12 bits per heavy atom. The zero-order valence-corrected chi connectivity index (χ0v) is 14.3. The Kier molecular flexibility index (Phi) is 4.74. The number of amides is 1. The molecule has 3 aliphatic heterocycles. The molecule has 8 nitrogen and oxygen atoms in total. The number of halogens is 2. The van der Waals surface area contributed by atoms with Crippen LogP contribution in [0, 0.1) is 11.7 Å². The highest BCUT2D eigenvalue weighted by atomic mass is 19.1. The molecule has 4 rings (SSSR count). The third-order valence-electron chi connectivity index (χ3n) is 5.18. The number of carbonyl (C=O) groups is 1. The molecule has 3 fully saturated rings. The maximum atomic E-state index is 14.4. The third-order valence-corrected chi connectivity index (χ3v) is 5.18. The molecule has 0 aromatic carbocycles. The van der Waals surface area contributed by atoms with E-state index in [0.717, 1.165) is 32.1 Å². The first-order valence-electron chi connectivity index (χ1n) is 8.90. The van der Waals surface area contributed by atoms with Crippen molar-refractivity contribution in [3.63, 3.8) is 0 Å². The smallest absolute Gasteiger partial charge is 0.233 e. The van der Waals surface area contributed by atoms with Gasteiger partial charge in [-0.2, -0.15) is 0 Å². The maximum Gasteiger partial charge on any atom is 0.233 e. The van der Waals surface area contributed by atoms with Crippen molar-refractivity contribution in [3.05, 3.63) is 18.2 Å². The summed E-state index contributed by atoms with van der Waals surface area (Å²) in [6.07, 6.45) is 2.48. The fourth-order valence-electron chi connectivity index (χ4n) is 3.98. The van der Waals surface area contributed by atoms with Crippen LogP contribution < -0.4 is 26.7 Å².